The van der Waals surface area contributed by atoms with Crippen LogP contribution in [0.1, 0.15) is 32.0 Å². The van der Waals surface area contributed by atoms with Gasteiger partial charge in [-0.15, -0.1) is 0 Å². The van der Waals surface area contributed by atoms with Crippen LogP contribution in [-0.4, -0.2) is 16.3 Å². The van der Waals surface area contributed by atoms with Crippen LogP contribution in [0.25, 0.3) is 10.9 Å². The van der Waals surface area contributed by atoms with Crippen LogP contribution in [0, 0.1) is 0 Å². The normalized spacial score (nSPS) is 10.9. The predicted octanol–water partition coefficient (Wildman–Crippen LogP) is 6.11. The van der Waals surface area contributed by atoms with Crippen molar-refractivity contribution in [3.63, 3.8) is 0 Å². The van der Waals surface area contributed by atoms with E-state index in [0.717, 1.165) is 5.39 Å². The monoisotopic (exact) mass is 451 g/mol. The van der Waals surface area contributed by atoms with Crippen LogP contribution < -0.4 is 0 Å². The van der Waals surface area contributed by atoms with Crippen molar-refractivity contribution >= 4 is 50.1 Å². The van der Waals surface area contributed by atoms with Crippen LogP contribution in [0.3, 0.4) is 0 Å². The van der Waals surface area contributed by atoms with E-state index >= 15 is 0 Å². The summed E-state index contributed by atoms with van der Waals surface area (Å²) in [6.45, 7) is 0. The summed E-state index contributed by atoms with van der Waals surface area (Å²) in [5.74, 6) is -0.302. The number of hydrogen-bond donors (Lipinski definition) is 0. The van der Waals surface area contributed by atoms with E-state index in [-0.39, 0.29) is 11.7 Å². The lowest BCUT2D eigenvalue weighted by atomic mass is 10.0. The Morgan fingerprint density at radius 1 is 0.821 bits per heavy atom. The van der Waals surface area contributed by atoms with E-state index in [0.29, 0.717) is 38.3 Å². The highest BCUT2D eigenvalue weighted by molar-refractivity contribution is 9.08. The molecular formula is C23H15BrClNO2. The first kappa shape index (κ1) is 18.7. The fraction of sp³-hybridized carbons (Fsp3) is 0.0435. The molecule has 3 aromatic carbocycles. The minimum Gasteiger partial charge on any atom is -0.289 e. The van der Waals surface area contributed by atoms with Crippen molar-refractivity contribution in [3.05, 3.63) is 106 Å². The number of nitrogens with zero attached hydrogens (tertiary/aromatic N) is 1. The van der Waals surface area contributed by atoms with Gasteiger partial charge in [0.1, 0.15) is 0 Å². The third kappa shape index (κ3) is 3.19. The van der Waals surface area contributed by atoms with Crippen molar-refractivity contribution < 1.29 is 9.59 Å². The molecule has 0 N–H and O–H groups in total. The quantitative estimate of drug-likeness (QED) is 0.277. The number of benzene rings is 3. The van der Waals surface area contributed by atoms with Crippen LogP contribution in [0.4, 0.5) is 0 Å². The number of rotatable bonds is 4. The van der Waals surface area contributed by atoms with Crippen molar-refractivity contribution in [2.45, 2.75) is 5.33 Å². The molecule has 0 aliphatic carbocycles. The summed E-state index contributed by atoms with van der Waals surface area (Å²) in [7, 11) is 0. The largest absolute Gasteiger partial charge is 0.289 e. The van der Waals surface area contributed by atoms with Gasteiger partial charge in [-0.05, 0) is 42.5 Å². The molecule has 1 aromatic heterocycles. The first-order valence-electron chi connectivity index (χ1n) is 8.70. The Hall–Kier alpha value is -2.69. The summed E-state index contributed by atoms with van der Waals surface area (Å²) in [4.78, 5) is 26.6. The van der Waals surface area contributed by atoms with Gasteiger partial charge in [0.2, 0.25) is 0 Å². The van der Waals surface area contributed by atoms with Gasteiger partial charge in [-0.25, -0.2) is 0 Å². The van der Waals surface area contributed by atoms with E-state index in [1.807, 2.05) is 42.5 Å². The molecule has 1 heterocycles. The van der Waals surface area contributed by atoms with E-state index in [1.165, 1.54) is 0 Å². The number of halogens is 2. The van der Waals surface area contributed by atoms with E-state index in [1.54, 1.807) is 41.0 Å². The highest BCUT2D eigenvalue weighted by Gasteiger charge is 2.26. The van der Waals surface area contributed by atoms with Gasteiger partial charge in [-0.2, -0.15) is 0 Å². The van der Waals surface area contributed by atoms with Crippen LogP contribution >= 0.6 is 27.5 Å². The summed E-state index contributed by atoms with van der Waals surface area (Å²) in [6, 6.07) is 23.3. The Morgan fingerprint density at radius 2 is 1.46 bits per heavy atom. The molecular weight excluding hydrogens is 438 g/mol. The lowest BCUT2D eigenvalue weighted by Gasteiger charge is -2.09. The van der Waals surface area contributed by atoms with Crippen LogP contribution in [0.2, 0.25) is 5.02 Å². The first-order valence-corrected chi connectivity index (χ1v) is 10.2. The van der Waals surface area contributed by atoms with Gasteiger partial charge in [-0.1, -0.05) is 63.9 Å². The molecule has 4 aromatic rings. The van der Waals surface area contributed by atoms with E-state index < -0.39 is 0 Å². The zero-order valence-corrected chi connectivity index (χ0v) is 17.1. The zero-order valence-electron chi connectivity index (χ0n) is 14.7. The number of fused-ring (bicyclic) bond motifs is 1. The molecule has 138 valence electrons. The zero-order chi connectivity index (χ0) is 19.7. The molecule has 4 rings (SSSR count). The van der Waals surface area contributed by atoms with Gasteiger partial charge in [-0.3, -0.25) is 14.2 Å². The Bertz CT molecular complexity index is 1180. The molecule has 0 unspecified atom stereocenters. The number of alkyl halides is 1. The van der Waals surface area contributed by atoms with Gasteiger partial charge in [0.05, 0.1) is 11.1 Å². The smallest absolute Gasteiger partial charge is 0.262 e. The standard InChI is InChI=1S/C23H15BrClNO2/c24-14-20-21(22(27)15-10-12-17(25)13-11-15)18-8-4-5-9-19(18)26(20)23(28)16-6-2-1-3-7-16/h1-13H,14H2. The molecule has 5 heteroatoms. The van der Waals surface area contributed by atoms with Gasteiger partial charge in [0, 0.05) is 32.6 Å². The molecule has 0 spiro atoms. The number of hydrogen-bond acceptors (Lipinski definition) is 2. The molecule has 0 aliphatic heterocycles. The molecule has 0 aliphatic rings. The number of aromatic nitrogens is 1. The molecule has 0 fully saturated rings. The van der Waals surface area contributed by atoms with E-state index in [2.05, 4.69) is 15.9 Å². The minimum absolute atomic E-state index is 0.137. The number of para-hydroxylation sites is 1. The molecule has 0 bridgehead atoms. The van der Waals surface area contributed by atoms with Crippen molar-refractivity contribution in [2.24, 2.45) is 0 Å². The molecule has 3 nitrogen and oxygen atoms in total. The van der Waals surface area contributed by atoms with Crippen molar-refractivity contribution in [1.29, 1.82) is 0 Å². The lowest BCUT2D eigenvalue weighted by Crippen LogP contribution is -2.15. The average Bonchev–Trinajstić information content (AvgIpc) is 3.08. The highest BCUT2D eigenvalue weighted by Crippen LogP contribution is 2.31. The lowest BCUT2D eigenvalue weighted by molar-refractivity contribution is 0.0963. The van der Waals surface area contributed by atoms with Crippen molar-refractivity contribution in [3.8, 4) is 0 Å². The average molecular weight is 453 g/mol. The third-order valence-electron chi connectivity index (χ3n) is 4.66. The minimum atomic E-state index is -0.165. The topological polar surface area (TPSA) is 39.1 Å². The highest BCUT2D eigenvalue weighted by atomic mass is 79.9. The second kappa shape index (κ2) is 7.74. The third-order valence-corrected chi connectivity index (χ3v) is 5.44. The predicted molar refractivity (Wildman–Crippen MR) is 116 cm³/mol. The number of carbonyl (C=O) groups excluding carboxylic acids is 2. The number of carbonyl (C=O) groups is 2. The molecule has 0 saturated heterocycles. The van der Waals surface area contributed by atoms with Crippen LogP contribution in [0.5, 0.6) is 0 Å². The van der Waals surface area contributed by atoms with E-state index in [4.69, 9.17) is 11.6 Å². The van der Waals surface area contributed by atoms with Gasteiger partial charge < -0.3 is 0 Å². The van der Waals surface area contributed by atoms with Gasteiger partial charge in [0.15, 0.2) is 5.78 Å². The first-order chi connectivity index (χ1) is 13.6. The summed E-state index contributed by atoms with van der Waals surface area (Å²) in [6.07, 6.45) is 0. The number of ketones is 1. The van der Waals surface area contributed by atoms with E-state index in [9.17, 15) is 9.59 Å². The molecule has 28 heavy (non-hydrogen) atoms. The fourth-order valence-corrected chi connectivity index (χ4v) is 4.02. The summed E-state index contributed by atoms with van der Waals surface area (Å²) >= 11 is 9.45. The molecule has 0 saturated carbocycles. The van der Waals surface area contributed by atoms with Crippen molar-refractivity contribution in [2.75, 3.05) is 0 Å². The second-order valence-electron chi connectivity index (χ2n) is 6.32. The Labute approximate surface area is 175 Å². The summed E-state index contributed by atoms with van der Waals surface area (Å²) in [5, 5.41) is 1.69. The summed E-state index contributed by atoms with van der Waals surface area (Å²) < 4.78 is 1.63. The Morgan fingerprint density at radius 3 is 2.14 bits per heavy atom. The Kier molecular flexibility index (Phi) is 5.16. The van der Waals surface area contributed by atoms with Gasteiger partial charge in [0.25, 0.3) is 5.91 Å². The maximum atomic E-state index is 13.3. The maximum absolute atomic E-state index is 13.3. The molecule has 0 radical (unpaired) electrons. The van der Waals surface area contributed by atoms with Crippen LogP contribution in [0.15, 0.2) is 78.9 Å². The fourth-order valence-electron chi connectivity index (χ4n) is 3.36. The Balaban J connectivity index is 1.96. The van der Waals surface area contributed by atoms with Crippen molar-refractivity contribution in [1.82, 2.24) is 4.57 Å². The maximum Gasteiger partial charge on any atom is 0.262 e. The second-order valence-corrected chi connectivity index (χ2v) is 7.31. The van der Waals surface area contributed by atoms with Gasteiger partial charge >= 0.3 is 0 Å². The molecule has 0 atom stereocenters. The SMILES string of the molecule is O=C(c1ccc(Cl)cc1)c1c(CBr)n(C(=O)c2ccccc2)c2ccccc12. The molecule has 0 amide bonds. The summed E-state index contributed by atoms with van der Waals surface area (Å²) in [5.41, 5.74) is 2.97. The van der Waals surface area contributed by atoms with Crippen LogP contribution in [-0.2, 0) is 5.33 Å².